The van der Waals surface area contributed by atoms with Crippen LogP contribution in [0.5, 0.6) is 0 Å². The minimum atomic E-state index is -0.137. The van der Waals surface area contributed by atoms with E-state index in [0.717, 1.165) is 25.7 Å². The Labute approximate surface area is 118 Å². The van der Waals surface area contributed by atoms with Gasteiger partial charge in [0.15, 0.2) is 0 Å². The topological polar surface area (TPSA) is 57.0 Å². The maximum absolute atomic E-state index is 12.3. The van der Waals surface area contributed by atoms with Crippen molar-refractivity contribution in [3.63, 3.8) is 0 Å². The van der Waals surface area contributed by atoms with E-state index in [2.05, 4.69) is 4.98 Å². The van der Waals surface area contributed by atoms with Crippen LogP contribution in [-0.2, 0) is 0 Å². The third kappa shape index (κ3) is 3.05. The number of alkyl halides is 1. The van der Waals surface area contributed by atoms with Gasteiger partial charge in [-0.25, -0.2) is 4.98 Å². The molecule has 0 radical (unpaired) electrons. The summed E-state index contributed by atoms with van der Waals surface area (Å²) in [6.45, 7) is 0. The van der Waals surface area contributed by atoms with Gasteiger partial charge in [0.2, 0.25) is 0 Å². The number of carbonyl (C=O) groups excluding carboxylic acids is 1. The molecule has 2 rings (SSSR count). The molecule has 0 aliphatic heterocycles. The van der Waals surface area contributed by atoms with E-state index >= 15 is 0 Å². The molecule has 1 saturated carbocycles. The van der Waals surface area contributed by atoms with Crippen molar-refractivity contribution in [3.8, 4) is 6.07 Å². The first-order valence-electron chi connectivity index (χ1n) is 6.41. The van der Waals surface area contributed by atoms with Gasteiger partial charge in [-0.1, -0.05) is 12.8 Å². The van der Waals surface area contributed by atoms with Crippen molar-refractivity contribution in [1.29, 1.82) is 5.26 Å². The van der Waals surface area contributed by atoms with Gasteiger partial charge in [-0.3, -0.25) is 4.79 Å². The van der Waals surface area contributed by atoms with Crippen LogP contribution >= 0.6 is 11.6 Å². The third-order valence-corrected chi connectivity index (χ3v) is 4.09. The summed E-state index contributed by atoms with van der Waals surface area (Å²) in [4.78, 5) is 18.0. The highest BCUT2D eigenvalue weighted by Gasteiger charge is 2.30. The van der Waals surface area contributed by atoms with Gasteiger partial charge in [-0.15, -0.1) is 11.6 Å². The van der Waals surface area contributed by atoms with Gasteiger partial charge < -0.3 is 4.90 Å². The number of carbonyl (C=O) groups is 1. The number of hydrogen-bond acceptors (Lipinski definition) is 3. The highest BCUT2D eigenvalue weighted by atomic mass is 35.5. The van der Waals surface area contributed by atoms with E-state index in [4.69, 9.17) is 16.9 Å². The van der Waals surface area contributed by atoms with Crippen LogP contribution in [0, 0.1) is 11.3 Å². The molecule has 1 heterocycles. The fraction of sp³-hybridized carbons (Fsp3) is 0.500. The fourth-order valence-corrected chi connectivity index (χ4v) is 2.87. The fourth-order valence-electron chi connectivity index (χ4n) is 2.42. The maximum Gasteiger partial charge on any atom is 0.272 e. The zero-order valence-electron chi connectivity index (χ0n) is 10.8. The molecule has 1 aliphatic rings. The van der Waals surface area contributed by atoms with Crippen LogP contribution in [-0.4, -0.2) is 34.3 Å². The van der Waals surface area contributed by atoms with Gasteiger partial charge in [-0.05, 0) is 25.0 Å². The lowest BCUT2D eigenvalue weighted by molar-refractivity contribution is 0.0694. The van der Waals surface area contributed by atoms with E-state index in [0.29, 0.717) is 11.3 Å². The number of pyridine rings is 1. The van der Waals surface area contributed by atoms with Crippen molar-refractivity contribution in [2.24, 2.45) is 0 Å². The molecule has 1 fully saturated rings. The Morgan fingerprint density at radius 1 is 1.47 bits per heavy atom. The summed E-state index contributed by atoms with van der Waals surface area (Å²) in [5.74, 6) is -0.137. The standard InChI is InChI=1S/C14H16ClN3O/c1-18(13-5-3-2-4-11(13)15)14(19)12-7-6-10(8-16)9-17-12/h6-7,9,11,13H,2-5H2,1H3. The van der Waals surface area contributed by atoms with Crippen LogP contribution in [0.2, 0.25) is 0 Å². The average molecular weight is 278 g/mol. The van der Waals surface area contributed by atoms with Gasteiger partial charge in [0.05, 0.1) is 10.9 Å². The van der Waals surface area contributed by atoms with Crippen LogP contribution in [0.1, 0.15) is 41.7 Å². The molecule has 19 heavy (non-hydrogen) atoms. The molecule has 1 aromatic heterocycles. The molecule has 0 saturated heterocycles. The van der Waals surface area contributed by atoms with Crippen molar-refractivity contribution >= 4 is 17.5 Å². The van der Waals surface area contributed by atoms with Crippen molar-refractivity contribution in [3.05, 3.63) is 29.6 Å². The lowest BCUT2D eigenvalue weighted by atomic mass is 9.93. The van der Waals surface area contributed by atoms with Crippen LogP contribution in [0.4, 0.5) is 0 Å². The van der Waals surface area contributed by atoms with E-state index in [-0.39, 0.29) is 17.3 Å². The number of aromatic nitrogens is 1. The number of hydrogen-bond donors (Lipinski definition) is 0. The Morgan fingerprint density at radius 3 is 2.79 bits per heavy atom. The van der Waals surface area contributed by atoms with Gasteiger partial charge in [0.1, 0.15) is 11.8 Å². The van der Waals surface area contributed by atoms with Crippen LogP contribution in [0.25, 0.3) is 0 Å². The molecular weight excluding hydrogens is 262 g/mol. The van der Waals surface area contributed by atoms with Crippen LogP contribution < -0.4 is 0 Å². The van der Waals surface area contributed by atoms with Gasteiger partial charge >= 0.3 is 0 Å². The minimum absolute atomic E-state index is 0.0149. The second-order valence-electron chi connectivity index (χ2n) is 4.83. The molecule has 4 nitrogen and oxygen atoms in total. The van der Waals surface area contributed by atoms with E-state index in [9.17, 15) is 4.79 Å². The van der Waals surface area contributed by atoms with Crippen LogP contribution in [0.15, 0.2) is 18.3 Å². The lowest BCUT2D eigenvalue weighted by Gasteiger charge is -2.34. The van der Waals surface area contributed by atoms with Crippen molar-refractivity contribution in [2.75, 3.05) is 7.05 Å². The van der Waals surface area contributed by atoms with E-state index in [1.165, 1.54) is 6.20 Å². The highest BCUT2D eigenvalue weighted by molar-refractivity contribution is 6.21. The largest absolute Gasteiger partial charge is 0.336 e. The molecule has 2 atom stereocenters. The molecular formula is C14H16ClN3O. The molecule has 0 N–H and O–H groups in total. The zero-order valence-corrected chi connectivity index (χ0v) is 11.6. The van der Waals surface area contributed by atoms with Gasteiger partial charge in [0.25, 0.3) is 5.91 Å². The molecule has 100 valence electrons. The Balaban J connectivity index is 2.11. The summed E-state index contributed by atoms with van der Waals surface area (Å²) < 4.78 is 0. The maximum atomic E-state index is 12.3. The van der Waals surface area contributed by atoms with Gasteiger partial charge in [-0.2, -0.15) is 5.26 Å². The van der Waals surface area contributed by atoms with Crippen molar-refractivity contribution in [1.82, 2.24) is 9.88 Å². The number of rotatable bonds is 2. The second kappa shape index (κ2) is 6.03. The summed E-state index contributed by atoms with van der Waals surface area (Å²) in [6, 6.07) is 5.25. The lowest BCUT2D eigenvalue weighted by Crippen LogP contribution is -2.44. The van der Waals surface area contributed by atoms with Crippen LogP contribution in [0.3, 0.4) is 0 Å². The monoisotopic (exact) mass is 277 g/mol. The molecule has 0 bridgehead atoms. The number of halogens is 1. The molecule has 5 heteroatoms. The molecule has 2 unspecified atom stereocenters. The average Bonchev–Trinajstić information content (AvgIpc) is 2.46. The van der Waals surface area contributed by atoms with Crippen molar-refractivity contribution in [2.45, 2.75) is 37.1 Å². The number of amides is 1. The molecule has 0 spiro atoms. The summed E-state index contributed by atoms with van der Waals surface area (Å²) in [7, 11) is 1.77. The third-order valence-electron chi connectivity index (χ3n) is 3.58. The molecule has 1 aliphatic carbocycles. The Bertz CT molecular complexity index is 494. The summed E-state index contributed by atoms with van der Waals surface area (Å²) in [5.41, 5.74) is 0.808. The first-order valence-corrected chi connectivity index (χ1v) is 6.84. The molecule has 1 amide bonds. The van der Waals surface area contributed by atoms with Gasteiger partial charge in [0, 0.05) is 19.3 Å². The quantitative estimate of drug-likeness (QED) is 0.781. The second-order valence-corrected chi connectivity index (χ2v) is 5.39. The summed E-state index contributed by atoms with van der Waals surface area (Å²) >= 11 is 6.30. The Kier molecular flexibility index (Phi) is 4.39. The molecule has 1 aromatic rings. The summed E-state index contributed by atoms with van der Waals surface area (Å²) in [5, 5.41) is 8.73. The van der Waals surface area contributed by atoms with E-state index < -0.39 is 0 Å². The first-order chi connectivity index (χ1) is 9.13. The Hall–Kier alpha value is -1.60. The predicted octanol–water partition coefficient (Wildman–Crippen LogP) is 2.58. The predicted molar refractivity (Wildman–Crippen MR) is 72.9 cm³/mol. The smallest absolute Gasteiger partial charge is 0.272 e. The number of nitriles is 1. The zero-order chi connectivity index (χ0) is 13.8. The first kappa shape index (κ1) is 13.8. The van der Waals surface area contributed by atoms with E-state index in [1.54, 1.807) is 24.1 Å². The number of nitrogens with zero attached hydrogens (tertiary/aromatic N) is 3. The Morgan fingerprint density at radius 2 is 2.21 bits per heavy atom. The SMILES string of the molecule is CN(C(=O)c1ccc(C#N)cn1)C1CCCCC1Cl. The molecule has 0 aromatic carbocycles. The van der Waals surface area contributed by atoms with Crippen molar-refractivity contribution < 1.29 is 4.79 Å². The normalized spacial score (nSPS) is 22.6. The summed E-state index contributed by atoms with van der Waals surface area (Å²) in [6.07, 6.45) is 5.53. The minimum Gasteiger partial charge on any atom is -0.336 e. The van der Waals surface area contributed by atoms with E-state index in [1.807, 2.05) is 6.07 Å². The highest BCUT2D eigenvalue weighted by Crippen LogP contribution is 2.27.